The molecule has 16 nitrogen and oxygen atoms in total. The first-order chi connectivity index (χ1) is 27.4. The Morgan fingerprint density at radius 1 is 0.714 bits per heavy atom. The second kappa shape index (κ2) is 14.2. The molecule has 0 amide bonds. The van der Waals surface area contributed by atoms with Crippen molar-refractivity contribution in [2.24, 2.45) is 0 Å². The summed E-state index contributed by atoms with van der Waals surface area (Å²) < 4.78 is 6.42. The Morgan fingerprint density at radius 3 is 1.98 bits per heavy atom. The SMILES string of the molecule is CC(Nc1ncnc2nc[nH]c12)c1nc2ccsc2c(=O)n1-c1ccccc1.CC(c1nc2ccsc2c(=O)n1-c1ccccc1)n1cnc2c(N)ncnc21. The highest BCUT2D eigenvalue weighted by Gasteiger charge is 2.23. The van der Waals surface area contributed by atoms with Crippen molar-refractivity contribution in [3.8, 4) is 11.4 Å². The number of nitrogens with one attached hydrogen (secondary N) is 2. The molecule has 4 N–H and O–H groups in total. The number of para-hydroxylation sites is 2. The number of anilines is 2. The molecule has 0 radical (unpaired) electrons. The third-order valence-corrected chi connectivity index (χ3v) is 11.0. The number of hydrogen-bond acceptors (Lipinski definition) is 14. The Balaban J connectivity index is 0.000000146. The number of aromatic nitrogens is 12. The van der Waals surface area contributed by atoms with Gasteiger partial charge < -0.3 is 20.6 Å². The second-order valence-electron chi connectivity index (χ2n) is 12.6. The van der Waals surface area contributed by atoms with E-state index in [1.54, 1.807) is 21.8 Å². The van der Waals surface area contributed by atoms with Gasteiger partial charge in [-0.1, -0.05) is 36.4 Å². The molecule has 8 aromatic heterocycles. The van der Waals surface area contributed by atoms with E-state index in [-0.39, 0.29) is 23.2 Å². The maximum absolute atomic E-state index is 13.3. The summed E-state index contributed by atoms with van der Waals surface area (Å²) in [4.78, 5) is 64.4. The van der Waals surface area contributed by atoms with E-state index in [1.807, 2.05) is 102 Å². The van der Waals surface area contributed by atoms with Crippen molar-refractivity contribution in [1.29, 1.82) is 0 Å². The van der Waals surface area contributed by atoms with Gasteiger partial charge in [-0.2, -0.15) is 0 Å². The maximum atomic E-state index is 13.3. The molecular weight excluding hydrogens is 749 g/mol. The van der Waals surface area contributed by atoms with Gasteiger partial charge in [0.2, 0.25) is 0 Å². The molecule has 0 saturated heterocycles. The summed E-state index contributed by atoms with van der Waals surface area (Å²) in [5.41, 5.74) is 11.1. The number of rotatable bonds is 7. The second-order valence-corrected chi connectivity index (χ2v) is 14.4. The fourth-order valence-corrected chi connectivity index (χ4v) is 8.02. The van der Waals surface area contributed by atoms with Crippen LogP contribution in [0.1, 0.15) is 37.6 Å². The highest BCUT2D eigenvalue weighted by molar-refractivity contribution is 7.17. The van der Waals surface area contributed by atoms with Crippen molar-refractivity contribution in [3.05, 3.63) is 141 Å². The Bertz CT molecular complexity index is 3130. The largest absolute Gasteiger partial charge is 0.382 e. The lowest BCUT2D eigenvalue weighted by atomic mass is 10.2. The number of nitrogens with zero attached hydrogens (tertiary/aromatic N) is 11. The summed E-state index contributed by atoms with van der Waals surface area (Å²) in [6.45, 7) is 3.91. The van der Waals surface area contributed by atoms with Crippen LogP contribution in [0.4, 0.5) is 11.6 Å². The topological polar surface area (TPSA) is 206 Å². The van der Waals surface area contributed by atoms with Crippen LogP contribution < -0.4 is 22.2 Å². The number of fused-ring (bicyclic) bond motifs is 4. The molecule has 2 aromatic carbocycles. The van der Waals surface area contributed by atoms with Gasteiger partial charge in [0.25, 0.3) is 11.1 Å². The summed E-state index contributed by atoms with van der Waals surface area (Å²) in [5.74, 6) is 2.12. The van der Waals surface area contributed by atoms with Crippen LogP contribution in [0, 0.1) is 0 Å². The minimum Gasteiger partial charge on any atom is -0.382 e. The van der Waals surface area contributed by atoms with Crippen LogP contribution >= 0.6 is 22.7 Å². The molecule has 2 atom stereocenters. The summed E-state index contributed by atoms with van der Waals surface area (Å²) >= 11 is 2.79. The van der Waals surface area contributed by atoms with Crippen LogP contribution in [0.3, 0.4) is 0 Å². The molecule has 276 valence electrons. The Hall–Kier alpha value is -7.18. The number of H-pyrrole nitrogens is 1. The lowest BCUT2D eigenvalue weighted by Gasteiger charge is -2.19. The van der Waals surface area contributed by atoms with Gasteiger partial charge in [0, 0.05) is 0 Å². The minimum atomic E-state index is -0.309. The summed E-state index contributed by atoms with van der Waals surface area (Å²) in [7, 11) is 0. The van der Waals surface area contributed by atoms with Crippen molar-refractivity contribution >= 4 is 77.1 Å². The molecule has 56 heavy (non-hydrogen) atoms. The third kappa shape index (κ3) is 6.02. The molecular formula is C38H30N14O2S2. The number of nitrogens with two attached hydrogens (primary N) is 1. The average Bonchev–Trinajstić information content (AvgIpc) is 4.06. The van der Waals surface area contributed by atoms with Crippen LogP contribution in [0.2, 0.25) is 0 Å². The highest BCUT2D eigenvalue weighted by Crippen LogP contribution is 2.27. The number of aromatic amines is 1. The van der Waals surface area contributed by atoms with Crippen molar-refractivity contribution in [1.82, 2.24) is 58.6 Å². The quantitative estimate of drug-likeness (QED) is 0.169. The summed E-state index contributed by atoms with van der Waals surface area (Å²) in [5, 5.41) is 7.10. The molecule has 18 heteroatoms. The van der Waals surface area contributed by atoms with Gasteiger partial charge in [0.1, 0.15) is 44.7 Å². The van der Waals surface area contributed by atoms with Crippen LogP contribution in [0.25, 0.3) is 54.1 Å². The molecule has 10 aromatic rings. The number of imidazole rings is 2. The molecule has 0 aliphatic heterocycles. The monoisotopic (exact) mass is 778 g/mol. The zero-order chi connectivity index (χ0) is 38.3. The molecule has 0 fully saturated rings. The lowest BCUT2D eigenvalue weighted by Crippen LogP contribution is -2.26. The Morgan fingerprint density at radius 2 is 1.32 bits per heavy atom. The molecule has 0 aliphatic rings. The standard InChI is InChI=1S/2C19H15N7OS/c1-11(24-17-14-16(21-9-20-14)22-10-23-17)18-25-13-7-8-28-15(13)19(27)26(18)12-5-3-2-4-6-12;1-11(25-10-23-14-16(20)21-9-22-18(14)25)17-24-13-7-8-28-15(13)19(27)26(17)12-5-3-2-4-6-12/h2-11H,1H3,(H2,20,21,22,23,24);2-11H,1H3,(H2,20,21,22). The smallest absolute Gasteiger partial charge is 0.276 e. The van der Waals surface area contributed by atoms with Crippen molar-refractivity contribution < 1.29 is 0 Å². The van der Waals surface area contributed by atoms with Gasteiger partial charge in [-0.05, 0) is 61.0 Å². The van der Waals surface area contributed by atoms with E-state index < -0.39 is 0 Å². The van der Waals surface area contributed by atoms with Gasteiger partial charge in [0.15, 0.2) is 22.9 Å². The number of thiophene rings is 2. The van der Waals surface area contributed by atoms with E-state index in [2.05, 4.69) is 40.2 Å². The minimum absolute atomic E-state index is 0.0794. The summed E-state index contributed by atoms with van der Waals surface area (Å²) in [6, 6.07) is 22.1. The van der Waals surface area contributed by atoms with Gasteiger partial charge in [0.05, 0.1) is 47.1 Å². The Labute approximate surface area is 324 Å². The van der Waals surface area contributed by atoms with Crippen LogP contribution in [-0.2, 0) is 0 Å². The van der Waals surface area contributed by atoms with Gasteiger partial charge in [-0.25, -0.2) is 39.9 Å². The molecule has 2 unspecified atom stereocenters. The fourth-order valence-electron chi connectivity index (χ4n) is 6.51. The lowest BCUT2D eigenvalue weighted by molar-refractivity contribution is 0.590. The fraction of sp³-hybridized carbons (Fsp3) is 0.105. The van der Waals surface area contributed by atoms with Crippen LogP contribution in [0.5, 0.6) is 0 Å². The van der Waals surface area contributed by atoms with Gasteiger partial charge in [-0.15, -0.1) is 22.7 Å². The molecule has 0 bridgehead atoms. The van der Waals surface area contributed by atoms with E-state index in [1.165, 1.54) is 35.3 Å². The van der Waals surface area contributed by atoms with Gasteiger partial charge >= 0.3 is 0 Å². The predicted molar refractivity (Wildman–Crippen MR) is 218 cm³/mol. The van der Waals surface area contributed by atoms with Crippen LogP contribution in [-0.4, -0.2) is 58.6 Å². The van der Waals surface area contributed by atoms with Crippen molar-refractivity contribution in [2.45, 2.75) is 25.9 Å². The molecule has 0 aliphatic carbocycles. The molecule has 0 spiro atoms. The first kappa shape index (κ1) is 34.6. The molecule has 10 rings (SSSR count). The van der Waals surface area contributed by atoms with Crippen molar-refractivity contribution in [2.75, 3.05) is 11.1 Å². The zero-order valence-electron chi connectivity index (χ0n) is 29.7. The average molecular weight is 779 g/mol. The highest BCUT2D eigenvalue weighted by atomic mass is 32.1. The predicted octanol–water partition coefficient (Wildman–Crippen LogP) is 6.07. The van der Waals surface area contributed by atoms with E-state index in [0.717, 1.165) is 11.4 Å². The normalized spacial score (nSPS) is 12.5. The molecule has 8 heterocycles. The van der Waals surface area contributed by atoms with E-state index >= 15 is 0 Å². The van der Waals surface area contributed by atoms with Crippen LogP contribution in [0.15, 0.2) is 118 Å². The Kier molecular flexibility index (Phi) is 8.79. The number of hydrogen-bond donors (Lipinski definition) is 3. The van der Waals surface area contributed by atoms with E-state index in [0.29, 0.717) is 66.0 Å². The maximum Gasteiger partial charge on any atom is 0.276 e. The van der Waals surface area contributed by atoms with Crippen molar-refractivity contribution in [3.63, 3.8) is 0 Å². The number of nitrogen functional groups attached to an aromatic ring is 1. The number of benzene rings is 2. The third-order valence-electron chi connectivity index (χ3n) is 9.18. The summed E-state index contributed by atoms with van der Waals surface area (Å²) in [6.07, 6.45) is 6.09. The first-order valence-electron chi connectivity index (χ1n) is 17.3. The first-order valence-corrected chi connectivity index (χ1v) is 19.1. The zero-order valence-corrected chi connectivity index (χ0v) is 31.3. The van der Waals surface area contributed by atoms with E-state index in [4.69, 9.17) is 15.7 Å². The molecule has 0 saturated carbocycles. The van der Waals surface area contributed by atoms with E-state index in [9.17, 15) is 9.59 Å². The van der Waals surface area contributed by atoms with Gasteiger partial charge in [-0.3, -0.25) is 18.7 Å².